The first-order chi connectivity index (χ1) is 11.0. The number of nitrogens with zero attached hydrogens (tertiary/aromatic N) is 3. The Balaban J connectivity index is 1.74. The van der Waals surface area contributed by atoms with Crippen LogP contribution in [0.1, 0.15) is 18.4 Å². The Morgan fingerprint density at radius 3 is 2.78 bits per heavy atom. The summed E-state index contributed by atoms with van der Waals surface area (Å²) in [4.78, 5) is 21.4. The van der Waals surface area contributed by atoms with E-state index in [2.05, 4.69) is 25.8 Å². The molecule has 0 radical (unpaired) electrons. The van der Waals surface area contributed by atoms with E-state index in [1.54, 1.807) is 17.2 Å². The molecule has 1 amide bonds. The van der Waals surface area contributed by atoms with Gasteiger partial charge in [-0.05, 0) is 34.8 Å². The van der Waals surface area contributed by atoms with E-state index in [1.165, 1.54) is 18.9 Å². The van der Waals surface area contributed by atoms with Crippen LogP contribution in [0.25, 0.3) is 10.9 Å². The zero-order valence-corrected chi connectivity index (χ0v) is 14.2. The Labute approximate surface area is 141 Å². The van der Waals surface area contributed by atoms with Crippen molar-refractivity contribution in [2.75, 3.05) is 25.0 Å². The normalized spacial score (nSPS) is 22.7. The number of carbonyl (C=O) groups excluding carboxylic acids is 1. The Bertz CT molecular complexity index is 874. The SMILES string of the molecule is CN1C(=O)C2(CN(C3CC3)C2)c2c1cnc1cc(F)c(Br)cc21. The van der Waals surface area contributed by atoms with Gasteiger partial charge in [0.05, 0.1) is 21.9 Å². The number of pyridine rings is 1. The largest absolute Gasteiger partial charge is 0.313 e. The monoisotopic (exact) mass is 375 g/mol. The first-order valence-electron chi connectivity index (χ1n) is 7.82. The molecule has 0 unspecified atom stereocenters. The second-order valence-electron chi connectivity index (χ2n) is 6.88. The lowest BCUT2D eigenvalue weighted by atomic mass is 9.73. The Morgan fingerprint density at radius 2 is 2.09 bits per heavy atom. The molecule has 1 spiro atoms. The van der Waals surface area contributed by atoms with Crippen LogP contribution in [0.15, 0.2) is 22.8 Å². The first-order valence-corrected chi connectivity index (χ1v) is 8.61. The lowest BCUT2D eigenvalue weighted by molar-refractivity contribution is -0.129. The van der Waals surface area contributed by atoms with Crippen LogP contribution in [0.3, 0.4) is 0 Å². The molecule has 0 bridgehead atoms. The van der Waals surface area contributed by atoms with Gasteiger partial charge in [-0.25, -0.2) is 4.39 Å². The van der Waals surface area contributed by atoms with Crippen molar-refractivity contribution in [1.29, 1.82) is 0 Å². The third-order valence-electron chi connectivity index (χ3n) is 5.45. The molecule has 118 valence electrons. The number of rotatable bonds is 1. The van der Waals surface area contributed by atoms with E-state index in [1.807, 2.05) is 7.05 Å². The Hall–Kier alpha value is -1.53. The maximum atomic E-state index is 13.8. The molecular formula is C17H15BrFN3O. The van der Waals surface area contributed by atoms with Gasteiger partial charge in [-0.3, -0.25) is 14.7 Å². The van der Waals surface area contributed by atoms with Gasteiger partial charge >= 0.3 is 0 Å². The molecule has 5 rings (SSSR count). The highest BCUT2D eigenvalue weighted by atomic mass is 79.9. The van der Waals surface area contributed by atoms with Crippen LogP contribution >= 0.6 is 15.9 Å². The minimum atomic E-state index is -0.481. The average Bonchev–Trinajstić information content (AvgIpc) is 3.28. The average molecular weight is 376 g/mol. The summed E-state index contributed by atoms with van der Waals surface area (Å²) < 4.78 is 14.3. The van der Waals surface area contributed by atoms with Gasteiger partial charge in [-0.15, -0.1) is 0 Å². The Morgan fingerprint density at radius 1 is 1.35 bits per heavy atom. The number of hydrogen-bond acceptors (Lipinski definition) is 3. The van der Waals surface area contributed by atoms with Gasteiger partial charge in [0.2, 0.25) is 5.91 Å². The Kier molecular flexibility index (Phi) is 2.59. The molecule has 23 heavy (non-hydrogen) atoms. The second-order valence-corrected chi connectivity index (χ2v) is 7.74. The molecule has 1 aromatic heterocycles. The highest BCUT2D eigenvalue weighted by Gasteiger charge is 2.60. The van der Waals surface area contributed by atoms with Crippen molar-refractivity contribution in [2.45, 2.75) is 24.3 Å². The predicted octanol–water partition coefficient (Wildman–Crippen LogP) is 2.83. The smallest absolute Gasteiger partial charge is 0.240 e. The van der Waals surface area contributed by atoms with Crippen molar-refractivity contribution >= 4 is 38.4 Å². The molecule has 0 atom stereocenters. The molecule has 2 aliphatic heterocycles. The predicted molar refractivity (Wildman–Crippen MR) is 89.1 cm³/mol. The summed E-state index contributed by atoms with van der Waals surface area (Å²) in [5.74, 6) is -0.191. The van der Waals surface area contributed by atoms with E-state index in [9.17, 15) is 9.18 Å². The van der Waals surface area contributed by atoms with Crippen molar-refractivity contribution in [1.82, 2.24) is 9.88 Å². The quantitative estimate of drug-likeness (QED) is 0.768. The van der Waals surface area contributed by atoms with Crippen LogP contribution in [0.2, 0.25) is 0 Å². The van der Waals surface area contributed by atoms with E-state index in [4.69, 9.17) is 0 Å². The number of likely N-dealkylation sites (N-methyl/N-ethyl adjacent to an activating group) is 1. The summed E-state index contributed by atoms with van der Waals surface area (Å²) in [6.07, 6.45) is 4.18. The molecule has 2 aromatic rings. The summed E-state index contributed by atoms with van der Waals surface area (Å²) in [5, 5.41) is 0.879. The van der Waals surface area contributed by atoms with Gasteiger partial charge in [-0.2, -0.15) is 0 Å². The number of halogens is 2. The van der Waals surface area contributed by atoms with Crippen LogP contribution < -0.4 is 4.90 Å². The minimum absolute atomic E-state index is 0.138. The molecule has 0 N–H and O–H groups in total. The van der Waals surface area contributed by atoms with Gasteiger partial charge in [0.25, 0.3) is 0 Å². The van der Waals surface area contributed by atoms with Gasteiger partial charge in [-0.1, -0.05) is 0 Å². The molecule has 6 heteroatoms. The number of fused-ring (bicyclic) bond motifs is 4. The van der Waals surface area contributed by atoms with E-state index in [0.717, 1.165) is 29.7 Å². The van der Waals surface area contributed by atoms with Crippen LogP contribution in [0.5, 0.6) is 0 Å². The van der Waals surface area contributed by atoms with Gasteiger partial charge in [0.1, 0.15) is 11.2 Å². The van der Waals surface area contributed by atoms with Crippen molar-refractivity contribution < 1.29 is 9.18 Å². The van der Waals surface area contributed by atoms with E-state index in [-0.39, 0.29) is 11.7 Å². The highest BCUT2D eigenvalue weighted by molar-refractivity contribution is 9.10. The second kappa shape index (κ2) is 4.30. The topological polar surface area (TPSA) is 36.4 Å². The molecule has 3 aliphatic rings. The summed E-state index contributed by atoms with van der Waals surface area (Å²) >= 11 is 3.27. The molecule has 1 saturated carbocycles. The zero-order valence-electron chi connectivity index (χ0n) is 12.6. The molecule has 4 nitrogen and oxygen atoms in total. The van der Waals surface area contributed by atoms with Gasteiger partial charge in [0, 0.05) is 43.2 Å². The third kappa shape index (κ3) is 1.68. The van der Waals surface area contributed by atoms with Crippen LogP contribution in [0.4, 0.5) is 10.1 Å². The van der Waals surface area contributed by atoms with Crippen LogP contribution in [-0.4, -0.2) is 42.0 Å². The number of amides is 1. The standard InChI is InChI=1S/C17H15BrFN3O/c1-21-14-6-20-13-5-12(19)11(18)4-10(13)15(14)17(16(21)23)7-22(8-17)9-2-3-9/h4-6,9H,2-3,7-8H2,1H3. The van der Waals surface area contributed by atoms with Crippen LogP contribution in [-0.2, 0) is 10.2 Å². The van der Waals surface area contributed by atoms with Crippen molar-refractivity contribution in [2.24, 2.45) is 0 Å². The lowest BCUT2D eigenvalue weighted by Crippen LogP contribution is -2.64. The number of aromatic nitrogens is 1. The molecule has 3 heterocycles. The molecule has 1 aromatic carbocycles. The maximum Gasteiger partial charge on any atom is 0.240 e. The molecule has 1 saturated heterocycles. The van der Waals surface area contributed by atoms with Crippen molar-refractivity contribution in [3.8, 4) is 0 Å². The number of benzene rings is 1. The summed E-state index contributed by atoms with van der Waals surface area (Å²) in [7, 11) is 1.81. The summed E-state index contributed by atoms with van der Waals surface area (Å²) in [6.45, 7) is 1.53. The summed E-state index contributed by atoms with van der Waals surface area (Å²) in [5.41, 5.74) is 2.01. The van der Waals surface area contributed by atoms with Crippen LogP contribution in [0, 0.1) is 5.82 Å². The molecular weight excluding hydrogens is 361 g/mol. The van der Waals surface area contributed by atoms with E-state index in [0.29, 0.717) is 16.0 Å². The van der Waals surface area contributed by atoms with Crippen molar-refractivity contribution in [3.63, 3.8) is 0 Å². The fourth-order valence-corrected chi connectivity index (χ4v) is 4.45. The first kappa shape index (κ1) is 13.9. The van der Waals surface area contributed by atoms with E-state index < -0.39 is 5.41 Å². The highest BCUT2D eigenvalue weighted by Crippen LogP contribution is 2.51. The maximum absolute atomic E-state index is 13.8. The van der Waals surface area contributed by atoms with Gasteiger partial charge < -0.3 is 4.90 Å². The van der Waals surface area contributed by atoms with Crippen molar-refractivity contribution in [3.05, 3.63) is 34.2 Å². The number of likely N-dealkylation sites (tertiary alicyclic amines) is 1. The molecule has 1 aliphatic carbocycles. The molecule has 2 fully saturated rings. The number of carbonyl (C=O) groups is 1. The lowest BCUT2D eigenvalue weighted by Gasteiger charge is -2.47. The summed E-state index contributed by atoms with van der Waals surface area (Å²) in [6, 6.07) is 3.86. The third-order valence-corrected chi connectivity index (χ3v) is 6.06. The van der Waals surface area contributed by atoms with E-state index >= 15 is 0 Å². The van der Waals surface area contributed by atoms with Gasteiger partial charge in [0.15, 0.2) is 0 Å². The number of hydrogen-bond donors (Lipinski definition) is 0. The fraction of sp³-hybridized carbons (Fsp3) is 0.412. The zero-order chi connectivity index (χ0) is 15.9. The fourth-order valence-electron chi connectivity index (χ4n) is 4.11. The number of anilines is 1. The minimum Gasteiger partial charge on any atom is -0.313 e.